The maximum Gasteiger partial charge on any atom is 0.337 e. The van der Waals surface area contributed by atoms with Gasteiger partial charge in [-0.1, -0.05) is 6.07 Å². The van der Waals surface area contributed by atoms with Gasteiger partial charge in [0, 0.05) is 5.69 Å². The summed E-state index contributed by atoms with van der Waals surface area (Å²) in [5.74, 6) is 0.373. The van der Waals surface area contributed by atoms with E-state index in [-0.39, 0.29) is 6.03 Å². The smallest absolute Gasteiger partial charge is 0.337 e. The molecule has 0 aliphatic heterocycles. The summed E-state index contributed by atoms with van der Waals surface area (Å²) in [7, 11) is 1.32. The zero-order chi connectivity index (χ0) is 18.2. The molecule has 132 valence electrons. The summed E-state index contributed by atoms with van der Waals surface area (Å²) in [6.07, 6.45) is 0. The molecule has 2 aromatic rings. The number of urea groups is 1. The van der Waals surface area contributed by atoms with E-state index in [2.05, 4.69) is 21.4 Å². The zero-order valence-corrected chi connectivity index (χ0v) is 14.6. The van der Waals surface area contributed by atoms with Crippen LogP contribution in [0.4, 0.5) is 10.5 Å². The number of hydrogen-bond donors (Lipinski definition) is 2. The molecule has 0 aliphatic rings. The molecule has 6 heteroatoms. The van der Waals surface area contributed by atoms with E-state index >= 15 is 0 Å². The number of esters is 1. The van der Waals surface area contributed by atoms with Gasteiger partial charge in [0.05, 0.1) is 19.2 Å². The van der Waals surface area contributed by atoms with E-state index in [0.29, 0.717) is 24.4 Å². The fourth-order valence-corrected chi connectivity index (χ4v) is 2.33. The number of rotatable bonds is 6. The second kappa shape index (κ2) is 8.73. The SMILES string of the molecule is COC(=O)c1ccc(NC(=O)NCCOc2cc(C)cc(C)c2)cc1. The van der Waals surface area contributed by atoms with E-state index in [4.69, 9.17) is 4.74 Å². The molecule has 0 atom stereocenters. The minimum Gasteiger partial charge on any atom is -0.492 e. The highest BCUT2D eigenvalue weighted by atomic mass is 16.5. The van der Waals surface area contributed by atoms with Crippen LogP contribution in [0.15, 0.2) is 42.5 Å². The molecule has 0 heterocycles. The predicted molar refractivity (Wildman–Crippen MR) is 96.2 cm³/mol. The quantitative estimate of drug-likeness (QED) is 0.624. The van der Waals surface area contributed by atoms with Crippen molar-refractivity contribution >= 4 is 17.7 Å². The fraction of sp³-hybridized carbons (Fsp3) is 0.263. The van der Waals surface area contributed by atoms with Gasteiger partial charge in [-0.25, -0.2) is 9.59 Å². The Morgan fingerprint density at radius 1 is 1.00 bits per heavy atom. The molecule has 2 amide bonds. The molecule has 0 fully saturated rings. The number of nitrogens with one attached hydrogen (secondary N) is 2. The first-order valence-electron chi connectivity index (χ1n) is 7.92. The second-order valence-electron chi connectivity index (χ2n) is 5.62. The Kier molecular flexibility index (Phi) is 6.39. The lowest BCUT2D eigenvalue weighted by Gasteiger charge is -2.10. The Labute approximate surface area is 147 Å². The molecule has 0 spiro atoms. The van der Waals surface area contributed by atoms with Gasteiger partial charge < -0.3 is 20.1 Å². The van der Waals surface area contributed by atoms with E-state index in [1.165, 1.54) is 7.11 Å². The molecule has 0 saturated heterocycles. The molecular weight excluding hydrogens is 320 g/mol. The summed E-state index contributed by atoms with van der Waals surface area (Å²) >= 11 is 0. The maximum atomic E-state index is 11.8. The third-order valence-electron chi connectivity index (χ3n) is 3.42. The van der Waals surface area contributed by atoms with Crippen molar-refractivity contribution in [3.05, 3.63) is 59.2 Å². The van der Waals surface area contributed by atoms with Gasteiger partial charge in [0.2, 0.25) is 0 Å². The lowest BCUT2D eigenvalue weighted by Crippen LogP contribution is -2.32. The van der Waals surface area contributed by atoms with Gasteiger partial charge in [0.25, 0.3) is 0 Å². The van der Waals surface area contributed by atoms with Crippen LogP contribution in [0.5, 0.6) is 5.75 Å². The molecule has 2 N–H and O–H groups in total. The van der Waals surface area contributed by atoms with Crippen LogP contribution < -0.4 is 15.4 Å². The van der Waals surface area contributed by atoms with Gasteiger partial charge in [0.1, 0.15) is 12.4 Å². The van der Waals surface area contributed by atoms with Crippen LogP contribution in [0.1, 0.15) is 21.5 Å². The summed E-state index contributed by atoms with van der Waals surface area (Å²) in [5.41, 5.74) is 3.28. The molecule has 25 heavy (non-hydrogen) atoms. The lowest BCUT2D eigenvalue weighted by molar-refractivity contribution is 0.0600. The van der Waals surface area contributed by atoms with E-state index in [0.717, 1.165) is 16.9 Å². The maximum absolute atomic E-state index is 11.8. The molecule has 0 bridgehead atoms. The van der Waals surface area contributed by atoms with Crippen LogP contribution in [0.2, 0.25) is 0 Å². The second-order valence-corrected chi connectivity index (χ2v) is 5.62. The number of carbonyl (C=O) groups excluding carboxylic acids is 2. The summed E-state index contributed by atoms with van der Waals surface area (Å²) in [6.45, 7) is 4.77. The minimum atomic E-state index is -0.417. The summed E-state index contributed by atoms with van der Waals surface area (Å²) in [4.78, 5) is 23.2. The first-order valence-corrected chi connectivity index (χ1v) is 7.92. The summed E-state index contributed by atoms with van der Waals surface area (Å²) in [6, 6.07) is 12.1. The van der Waals surface area contributed by atoms with Crippen molar-refractivity contribution in [1.29, 1.82) is 0 Å². The number of carbonyl (C=O) groups is 2. The molecule has 2 rings (SSSR count). The highest BCUT2D eigenvalue weighted by molar-refractivity contribution is 5.92. The molecule has 0 unspecified atom stereocenters. The molecular formula is C19H22N2O4. The number of benzene rings is 2. The van der Waals surface area contributed by atoms with Crippen molar-refractivity contribution in [2.24, 2.45) is 0 Å². The third-order valence-corrected chi connectivity index (χ3v) is 3.42. The Morgan fingerprint density at radius 3 is 2.24 bits per heavy atom. The average molecular weight is 342 g/mol. The first-order chi connectivity index (χ1) is 12.0. The van der Waals surface area contributed by atoms with Gasteiger partial charge in [-0.05, 0) is 61.4 Å². The Hall–Kier alpha value is -3.02. The summed E-state index contributed by atoms with van der Waals surface area (Å²) < 4.78 is 10.3. The molecule has 2 aromatic carbocycles. The van der Waals surface area contributed by atoms with Crippen molar-refractivity contribution in [2.45, 2.75) is 13.8 Å². The zero-order valence-electron chi connectivity index (χ0n) is 14.6. The monoisotopic (exact) mass is 342 g/mol. The van der Waals surface area contributed by atoms with E-state index in [1.807, 2.05) is 26.0 Å². The van der Waals surface area contributed by atoms with Crippen molar-refractivity contribution in [3.63, 3.8) is 0 Å². The number of anilines is 1. The number of amides is 2. The minimum absolute atomic E-state index is 0.338. The van der Waals surface area contributed by atoms with Crippen LogP contribution in [-0.2, 0) is 4.74 Å². The number of aryl methyl sites for hydroxylation is 2. The fourth-order valence-electron chi connectivity index (χ4n) is 2.33. The highest BCUT2D eigenvalue weighted by Gasteiger charge is 2.06. The molecule has 0 radical (unpaired) electrons. The van der Waals surface area contributed by atoms with Gasteiger partial charge in [-0.3, -0.25) is 0 Å². The third kappa shape index (κ3) is 5.84. The molecule has 0 aliphatic carbocycles. The number of ether oxygens (including phenoxy) is 2. The number of hydrogen-bond acceptors (Lipinski definition) is 4. The van der Waals surface area contributed by atoms with E-state index in [9.17, 15) is 9.59 Å². The number of methoxy groups -OCH3 is 1. The van der Waals surface area contributed by atoms with Crippen LogP contribution >= 0.6 is 0 Å². The standard InChI is InChI=1S/C19H22N2O4/c1-13-10-14(2)12-17(11-13)25-9-8-20-19(23)21-16-6-4-15(5-7-16)18(22)24-3/h4-7,10-12H,8-9H2,1-3H3,(H2,20,21,23). The van der Waals surface area contributed by atoms with Crippen LogP contribution in [0, 0.1) is 13.8 Å². The van der Waals surface area contributed by atoms with Gasteiger partial charge in [-0.2, -0.15) is 0 Å². The summed E-state index contributed by atoms with van der Waals surface area (Å²) in [5, 5.41) is 5.40. The van der Waals surface area contributed by atoms with E-state index in [1.54, 1.807) is 24.3 Å². The van der Waals surface area contributed by atoms with Gasteiger partial charge >= 0.3 is 12.0 Å². The average Bonchev–Trinajstić information content (AvgIpc) is 2.58. The normalized spacial score (nSPS) is 10.0. The largest absolute Gasteiger partial charge is 0.492 e. The van der Waals surface area contributed by atoms with Gasteiger partial charge in [-0.15, -0.1) is 0 Å². The first kappa shape index (κ1) is 18.3. The van der Waals surface area contributed by atoms with Crippen molar-refractivity contribution in [2.75, 3.05) is 25.6 Å². The highest BCUT2D eigenvalue weighted by Crippen LogP contribution is 2.15. The Morgan fingerprint density at radius 2 is 1.64 bits per heavy atom. The van der Waals surface area contributed by atoms with Crippen molar-refractivity contribution in [3.8, 4) is 5.75 Å². The van der Waals surface area contributed by atoms with Crippen molar-refractivity contribution < 1.29 is 19.1 Å². The van der Waals surface area contributed by atoms with Gasteiger partial charge in [0.15, 0.2) is 0 Å². The Balaban J connectivity index is 1.74. The topological polar surface area (TPSA) is 76.7 Å². The predicted octanol–water partition coefficient (Wildman–Crippen LogP) is 3.29. The molecule has 6 nitrogen and oxygen atoms in total. The molecule has 0 saturated carbocycles. The lowest BCUT2D eigenvalue weighted by atomic mass is 10.1. The van der Waals surface area contributed by atoms with Crippen LogP contribution in [-0.4, -0.2) is 32.3 Å². The van der Waals surface area contributed by atoms with E-state index < -0.39 is 5.97 Å². The van der Waals surface area contributed by atoms with Crippen molar-refractivity contribution in [1.82, 2.24) is 5.32 Å². The van der Waals surface area contributed by atoms with Crippen LogP contribution in [0.25, 0.3) is 0 Å². The Bertz CT molecular complexity index is 721. The van der Waals surface area contributed by atoms with Crippen LogP contribution in [0.3, 0.4) is 0 Å². The molecule has 0 aromatic heterocycles.